The summed E-state index contributed by atoms with van der Waals surface area (Å²) in [4.78, 5) is 11.7. The third-order valence-electron chi connectivity index (χ3n) is 2.66. The van der Waals surface area contributed by atoms with Crippen LogP contribution in [0.15, 0.2) is 48.5 Å². The van der Waals surface area contributed by atoms with Crippen LogP contribution in [-0.2, 0) is 4.79 Å². The molecule has 0 saturated carbocycles. The number of rotatable bonds is 5. The van der Waals surface area contributed by atoms with E-state index in [0.717, 1.165) is 5.75 Å². The SMILES string of the molecule is COc1ccc(OCC(=O)Nc2ccccc2N)cc1. The Morgan fingerprint density at radius 3 is 2.40 bits per heavy atom. The van der Waals surface area contributed by atoms with Crippen LogP contribution >= 0.6 is 0 Å². The number of amides is 1. The van der Waals surface area contributed by atoms with E-state index < -0.39 is 0 Å². The minimum absolute atomic E-state index is 0.0827. The van der Waals surface area contributed by atoms with E-state index in [1.54, 1.807) is 55.6 Å². The van der Waals surface area contributed by atoms with Gasteiger partial charge in [-0.1, -0.05) is 12.1 Å². The molecule has 0 bridgehead atoms. The summed E-state index contributed by atoms with van der Waals surface area (Å²) in [5, 5.41) is 2.69. The highest BCUT2D eigenvalue weighted by atomic mass is 16.5. The predicted octanol–water partition coefficient (Wildman–Crippen LogP) is 2.29. The van der Waals surface area contributed by atoms with E-state index in [-0.39, 0.29) is 12.5 Å². The summed E-state index contributed by atoms with van der Waals surface area (Å²) in [5.41, 5.74) is 6.84. The van der Waals surface area contributed by atoms with Crippen molar-refractivity contribution in [2.45, 2.75) is 0 Å². The van der Waals surface area contributed by atoms with Gasteiger partial charge in [-0.3, -0.25) is 4.79 Å². The fraction of sp³-hybridized carbons (Fsp3) is 0.133. The van der Waals surface area contributed by atoms with Gasteiger partial charge >= 0.3 is 0 Å². The lowest BCUT2D eigenvalue weighted by Gasteiger charge is -2.09. The molecule has 0 heterocycles. The Labute approximate surface area is 117 Å². The van der Waals surface area contributed by atoms with Gasteiger partial charge in [-0.05, 0) is 36.4 Å². The highest BCUT2D eigenvalue weighted by Gasteiger charge is 2.05. The minimum atomic E-state index is -0.265. The van der Waals surface area contributed by atoms with Gasteiger partial charge in [0.25, 0.3) is 5.91 Å². The van der Waals surface area contributed by atoms with Crippen LogP contribution < -0.4 is 20.5 Å². The standard InChI is InChI=1S/C15H16N2O3/c1-19-11-6-8-12(9-7-11)20-10-15(18)17-14-5-3-2-4-13(14)16/h2-9H,10,16H2,1H3,(H,17,18). The number of nitrogens with one attached hydrogen (secondary N) is 1. The maximum absolute atomic E-state index is 11.7. The van der Waals surface area contributed by atoms with E-state index in [1.165, 1.54) is 0 Å². The summed E-state index contributed by atoms with van der Waals surface area (Å²) in [7, 11) is 1.59. The third kappa shape index (κ3) is 3.65. The second-order valence-corrected chi connectivity index (χ2v) is 4.10. The number of carbonyl (C=O) groups excluding carboxylic acids is 1. The molecule has 104 valence electrons. The van der Waals surface area contributed by atoms with Crippen molar-refractivity contribution in [3.63, 3.8) is 0 Å². The van der Waals surface area contributed by atoms with Gasteiger partial charge in [-0.2, -0.15) is 0 Å². The number of nitrogens with two attached hydrogens (primary N) is 1. The summed E-state index contributed by atoms with van der Waals surface area (Å²) in [6.45, 7) is -0.0827. The lowest BCUT2D eigenvalue weighted by molar-refractivity contribution is -0.118. The molecule has 0 aliphatic rings. The Hall–Kier alpha value is -2.69. The van der Waals surface area contributed by atoms with Gasteiger partial charge in [0.15, 0.2) is 6.61 Å². The number of hydrogen-bond donors (Lipinski definition) is 2. The number of benzene rings is 2. The van der Waals surface area contributed by atoms with Crippen molar-refractivity contribution in [2.75, 3.05) is 24.8 Å². The number of anilines is 2. The van der Waals surface area contributed by atoms with Crippen molar-refractivity contribution in [3.8, 4) is 11.5 Å². The monoisotopic (exact) mass is 272 g/mol. The minimum Gasteiger partial charge on any atom is -0.497 e. The average molecular weight is 272 g/mol. The summed E-state index contributed by atoms with van der Waals surface area (Å²) < 4.78 is 10.4. The first kappa shape index (κ1) is 13.7. The quantitative estimate of drug-likeness (QED) is 0.819. The highest BCUT2D eigenvalue weighted by Crippen LogP contribution is 2.18. The van der Waals surface area contributed by atoms with Crippen molar-refractivity contribution in [1.82, 2.24) is 0 Å². The van der Waals surface area contributed by atoms with Crippen molar-refractivity contribution in [2.24, 2.45) is 0 Å². The molecule has 0 atom stereocenters. The molecular weight excluding hydrogens is 256 g/mol. The molecule has 2 aromatic rings. The number of nitrogen functional groups attached to an aromatic ring is 1. The maximum atomic E-state index is 11.7. The van der Waals surface area contributed by atoms with Gasteiger partial charge in [0.1, 0.15) is 11.5 Å². The molecule has 0 saturated heterocycles. The Balaban J connectivity index is 1.87. The second-order valence-electron chi connectivity index (χ2n) is 4.10. The fourth-order valence-electron chi connectivity index (χ4n) is 1.62. The first-order chi connectivity index (χ1) is 9.69. The van der Waals surface area contributed by atoms with Gasteiger partial charge in [0.05, 0.1) is 18.5 Å². The summed E-state index contributed by atoms with van der Waals surface area (Å²) in [6.07, 6.45) is 0. The fourth-order valence-corrected chi connectivity index (χ4v) is 1.62. The number of hydrogen-bond acceptors (Lipinski definition) is 4. The van der Waals surface area contributed by atoms with Crippen LogP contribution in [0.25, 0.3) is 0 Å². The van der Waals surface area contributed by atoms with Crippen LogP contribution in [0.3, 0.4) is 0 Å². The number of ether oxygens (including phenoxy) is 2. The molecule has 0 fully saturated rings. The first-order valence-corrected chi connectivity index (χ1v) is 6.10. The van der Waals surface area contributed by atoms with Crippen LogP contribution in [0, 0.1) is 0 Å². The van der Waals surface area contributed by atoms with Gasteiger partial charge in [0.2, 0.25) is 0 Å². The zero-order valence-electron chi connectivity index (χ0n) is 11.1. The van der Waals surface area contributed by atoms with E-state index in [0.29, 0.717) is 17.1 Å². The van der Waals surface area contributed by atoms with E-state index >= 15 is 0 Å². The molecule has 0 unspecified atom stereocenters. The normalized spacial score (nSPS) is 9.85. The lowest BCUT2D eigenvalue weighted by Crippen LogP contribution is -2.20. The molecule has 0 spiro atoms. The highest BCUT2D eigenvalue weighted by molar-refractivity contribution is 5.94. The molecule has 3 N–H and O–H groups in total. The predicted molar refractivity (Wildman–Crippen MR) is 78.0 cm³/mol. The van der Waals surface area contributed by atoms with Crippen LogP contribution in [-0.4, -0.2) is 19.6 Å². The van der Waals surface area contributed by atoms with Crippen molar-refractivity contribution >= 4 is 17.3 Å². The topological polar surface area (TPSA) is 73.6 Å². The van der Waals surface area contributed by atoms with Crippen molar-refractivity contribution in [3.05, 3.63) is 48.5 Å². The van der Waals surface area contributed by atoms with Gasteiger partial charge in [-0.25, -0.2) is 0 Å². The van der Waals surface area contributed by atoms with Crippen LogP contribution in [0.5, 0.6) is 11.5 Å². The first-order valence-electron chi connectivity index (χ1n) is 6.10. The Morgan fingerprint density at radius 1 is 1.10 bits per heavy atom. The van der Waals surface area contributed by atoms with Crippen LogP contribution in [0.2, 0.25) is 0 Å². The molecule has 2 aromatic carbocycles. The zero-order valence-corrected chi connectivity index (χ0v) is 11.1. The molecule has 2 rings (SSSR count). The van der Waals surface area contributed by atoms with Gasteiger partial charge < -0.3 is 20.5 Å². The lowest BCUT2D eigenvalue weighted by atomic mass is 10.2. The average Bonchev–Trinajstić information content (AvgIpc) is 2.48. The second kappa shape index (κ2) is 6.47. The zero-order chi connectivity index (χ0) is 14.4. The largest absolute Gasteiger partial charge is 0.497 e. The number of carbonyl (C=O) groups is 1. The number of para-hydroxylation sites is 2. The van der Waals surface area contributed by atoms with Gasteiger partial charge in [-0.15, -0.1) is 0 Å². The molecule has 0 aliphatic heterocycles. The number of methoxy groups -OCH3 is 1. The van der Waals surface area contributed by atoms with Crippen LogP contribution in [0.4, 0.5) is 11.4 Å². The molecule has 0 aromatic heterocycles. The molecule has 5 heteroatoms. The van der Waals surface area contributed by atoms with Gasteiger partial charge in [0, 0.05) is 0 Å². The molecule has 0 aliphatic carbocycles. The third-order valence-corrected chi connectivity index (χ3v) is 2.66. The maximum Gasteiger partial charge on any atom is 0.262 e. The Kier molecular flexibility index (Phi) is 4.44. The smallest absolute Gasteiger partial charge is 0.262 e. The van der Waals surface area contributed by atoms with E-state index in [9.17, 15) is 4.79 Å². The van der Waals surface area contributed by atoms with Crippen molar-refractivity contribution in [1.29, 1.82) is 0 Å². The van der Waals surface area contributed by atoms with Crippen molar-refractivity contribution < 1.29 is 14.3 Å². The van der Waals surface area contributed by atoms with E-state index in [1.807, 2.05) is 0 Å². The Morgan fingerprint density at radius 2 is 1.75 bits per heavy atom. The summed E-state index contributed by atoms with van der Waals surface area (Å²) in [5.74, 6) is 1.07. The molecule has 1 amide bonds. The molecule has 5 nitrogen and oxygen atoms in total. The molecule has 20 heavy (non-hydrogen) atoms. The molecular formula is C15H16N2O3. The van der Waals surface area contributed by atoms with E-state index in [4.69, 9.17) is 15.2 Å². The van der Waals surface area contributed by atoms with Crippen LogP contribution in [0.1, 0.15) is 0 Å². The summed E-state index contributed by atoms with van der Waals surface area (Å²) in [6, 6.07) is 14.1. The molecule has 0 radical (unpaired) electrons. The summed E-state index contributed by atoms with van der Waals surface area (Å²) >= 11 is 0. The Bertz CT molecular complexity index is 582. The van der Waals surface area contributed by atoms with E-state index in [2.05, 4.69) is 5.32 Å².